The number of piperidine rings is 1. The van der Waals surface area contributed by atoms with Crippen LogP contribution < -0.4 is 10.6 Å². The molecule has 0 spiro atoms. The molecule has 0 radical (unpaired) electrons. The number of guanidine groups is 1. The zero-order chi connectivity index (χ0) is 17.5. The lowest BCUT2D eigenvalue weighted by Gasteiger charge is -2.33. The smallest absolute Gasteiger partial charge is 0.193 e. The van der Waals surface area contributed by atoms with E-state index < -0.39 is 0 Å². The summed E-state index contributed by atoms with van der Waals surface area (Å²) in [6.07, 6.45) is 9.32. The summed E-state index contributed by atoms with van der Waals surface area (Å²) in [5.41, 5.74) is 1.01. The first-order valence-corrected chi connectivity index (χ1v) is 10.3. The molecule has 0 aliphatic carbocycles. The molecule has 1 saturated heterocycles. The molecule has 3 rings (SSSR count). The van der Waals surface area contributed by atoms with Gasteiger partial charge in [0, 0.05) is 43.4 Å². The molecule has 2 N–H and O–H groups in total. The summed E-state index contributed by atoms with van der Waals surface area (Å²) in [5, 5.41) is 8.82. The Labute approximate surface area is 177 Å². The average Bonchev–Trinajstić information content (AvgIpc) is 3.19. The highest BCUT2D eigenvalue weighted by Gasteiger charge is 2.17. The predicted octanol–water partition coefficient (Wildman–Crippen LogP) is 3.33. The molecule has 0 bridgehead atoms. The number of nitrogens with zero attached hydrogens (tertiary/aromatic N) is 4. The molecule has 0 aromatic carbocycles. The Morgan fingerprint density at radius 2 is 2.27 bits per heavy atom. The van der Waals surface area contributed by atoms with Gasteiger partial charge in [-0.3, -0.25) is 4.40 Å². The second-order valence-corrected chi connectivity index (χ2v) is 7.55. The molecular weight excluding hydrogens is 459 g/mol. The zero-order valence-electron chi connectivity index (χ0n) is 15.8. The summed E-state index contributed by atoms with van der Waals surface area (Å²) < 4.78 is 2.05. The van der Waals surface area contributed by atoms with E-state index in [-0.39, 0.29) is 24.0 Å². The first-order chi connectivity index (χ1) is 12.3. The quantitative estimate of drug-likeness (QED) is 0.271. The highest BCUT2D eigenvalue weighted by atomic mass is 127. The number of thiazole rings is 1. The normalized spacial score (nSPS) is 18.7. The van der Waals surface area contributed by atoms with E-state index in [1.807, 2.05) is 11.6 Å². The summed E-state index contributed by atoms with van der Waals surface area (Å²) in [6, 6.07) is 0.741. The number of nitrogens with one attached hydrogen (secondary N) is 2. The van der Waals surface area contributed by atoms with Crippen molar-refractivity contribution in [2.75, 3.05) is 26.2 Å². The van der Waals surface area contributed by atoms with Crippen LogP contribution in [0.15, 0.2) is 22.8 Å². The van der Waals surface area contributed by atoms with Crippen molar-refractivity contribution < 1.29 is 0 Å². The van der Waals surface area contributed by atoms with Crippen LogP contribution in [0.5, 0.6) is 0 Å². The number of aromatic nitrogens is 2. The SMILES string of the molecule is CCNC(=NCc1cn2ccsc2n1)NCCCN1CCCCC1C.I. The van der Waals surface area contributed by atoms with Crippen molar-refractivity contribution in [3.05, 3.63) is 23.5 Å². The van der Waals surface area contributed by atoms with Crippen molar-refractivity contribution >= 4 is 46.2 Å². The number of likely N-dealkylation sites (tertiary alicyclic amines) is 1. The molecule has 6 nitrogen and oxygen atoms in total. The van der Waals surface area contributed by atoms with Crippen LogP contribution in [0.1, 0.15) is 45.2 Å². The van der Waals surface area contributed by atoms with Crippen molar-refractivity contribution in [1.82, 2.24) is 24.9 Å². The fourth-order valence-corrected chi connectivity index (χ4v) is 4.05. The summed E-state index contributed by atoms with van der Waals surface area (Å²) >= 11 is 1.65. The summed E-state index contributed by atoms with van der Waals surface area (Å²) in [4.78, 5) is 12.9. The molecule has 1 atom stereocenters. The Morgan fingerprint density at radius 3 is 3.04 bits per heavy atom. The Morgan fingerprint density at radius 1 is 1.38 bits per heavy atom. The fraction of sp³-hybridized carbons (Fsp3) is 0.667. The van der Waals surface area contributed by atoms with E-state index in [0.717, 1.165) is 42.2 Å². The third-order valence-electron chi connectivity index (χ3n) is 4.74. The van der Waals surface area contributed by atoms with Crippen LogP contribution >= 0.6 is 35.3 Å². The van der Waals surface area contributed by atoms with E-state index in [9.17, 15) is 0 Å². The maximum Gasteiger partial charge on any atom is 0.193 e. The molecule has 26 heavy (non-hydrogen) atoms. The van der Waals surface area contributed by atoms with E-state index >= 15 is 0 Å². The molecule has 1 fully saturated rings. The largest absolute Gasteiger partial charge is 0.357 e. The van der Waals surface area contributed by atoms with Gasteiger partial charge < -0.3 is 15.5 Å². The minimum atomic E-state index is 0. The van der Waals surface area contributed by atoms with Crippen LogP contribution in [0, 0.1) is 0 Å². The van der Waals surface area contributed by atoms with Crippen molar-refractivity contribution in [2.45, 2.75) is 52.1 Å². The molecule has 0 amide bonds. The van der Waals surface area contributed by atoms with Gasteiger partial charge in [0.05, 0.1) is 12.2 Å². The van der Waals surface area contributed by atoms with Gasteiger partial charge in [-0.1, -0.05) is 6.42 Å². The van der Waals surface area contributed by atoms with E-state index in [4.69, 9.17) is 0 Å². The van der Waals surface area contributed by atoms with Crippen LogP contribution in [0.3, 0.4) is 0 Å². The molecule has 1 unspecified atom stereocenters. The Balaban J connectivity index is 0.00000243. The van der Waals surface area contributed by atoms with Gasteiger partial charge >= 0.3 is 0 Å². The van der Waals surface area contributed by atoms with Crippen molar-refractivity contribution in [1.29, 1.82) is 0 Å². The van der Waals surface area contributed by atoms with Crippen LogP contribution in [0.25, 0.3) is 4.96 Å². The second kappa shape index (κ2) is 11.1. The van der Waals surface area contributed by atoms with E-state index in [0.29, 0.717) is 6.54 Å². The highest BCUT2D eigenvalue weighted by molar-refractivity contribution is 14.0. The lowest BCUT2D eigenvalue weighted by molar-refractivity contribution is 0.159. The lowest BCUT2D eigenvalue weighted by atomic mass is 10.0. The van der Waals surface area contributed by atoms with Crippen molar-refractivity contribution in [3.8, 4) is 0 Å². The van der Waals surface area contributed by atoms with Crippen molar-refractivity contribution in [3.63, 3.8) is 0 Å². The minimum Gasteiger partial charge on any atom is -0.357 e. The van der Waals surface area contributed by atoms with E-state index in [1.165, 1.54) is 32.4 Å². The molecule has 1 aliphatic heterocycles. The first-order valence-electron chi connectivity index (χ1n) is 9.43. The Hall–Kier alpha value is -0.870. The molecule has 146 valence electrons. The van der Waals surface area contributed by atoms with Crippen LogP contribution in [0.4, 0.5) is 0 Å². The van der Waals surface area contributed by atoms with Gasteiger partial charge in [0.2, 0.25) is 0 Å². The summed E-state index contributed by atoms with van der Waals surface area (Å²) in [7, 11) is 0. The number of hydrogen-bond donors (Lipinski definition) is 2. The van der Waals surface area contributed by atoms with Gasteiger partial charge in [-0.05, 0) is 39.7 Å². The molecule has 8 heteroatoms. The molecule has 2 aromatic rings. The third kappa shape index (κ3) is 6.09. The molecular formula is C18H31IN6S. The lowest BCUT2D eigenvalue weighted by Crippen LogP contribution is -2.41. The van der Waals surface area contributed by atoms with Crippen molar-refractivity contribution in [2.24, 2.45) is 4.99 Å². The fourth-order valence-electron chi connectivity index (χ4n) is 3.33. The zero-order valence-corrected chi connectivity index (χ0v) is 18.9. The monoisotopic (exact) mass is 490 g/mol. The van der Waals surface area contributed by atoms with Gasteiger partial charge in [-0.25, -0.2) is 9.98 Å². The summed E-state index contributed by atoms with van der Waals surface area (Å²) in [6.45, 7) is 9.30. The maximum atomic E-state index is 4.67. The van der Waals surface area contributed by atoms with Crippen LogP contribution in [-0.2, 0) is 6.54 Å². The Kier molecular flexibility index (Phi) is 9.13. The predicted molar refractivity (Wildman–Crippen MR) is 121 cm³/mol. The number of hydrogen-bond acceptors (Lipinski definition) is 4. The minimum absolute atomic E-state index is 0. The van der Waals surface area contributed by atoms with Gasteiger partial charge in [0.25, 0.3) is 0 Å². The summed E-state index contributed by atoms with van der Waals surface area (Å²) in [5.74, 6) is 0.880. The van der Waals surface area contributed by atoms with Gasteiger partial charge in [-0.15, -0.1) is 35.3 Å². The second-order valence-electron chi connectivity index (χ2n) is 6.68. The maximum absolute atomic E-state index is 4.67. The molecule has 1 aliphatic rings. The average molecular weight is 490 g/mol. The topological polar surface area (TPSA) is 57.0 Å². The van der Waals surface area contributed by atoms with Crippen LogP contribution in [-0.4, -0.2) is 52.5 Å². The van der Waals surface area contributed by atoms with E-state index in [2.05, 4.69) is 50.0 Å². The number of aliphatic imine (C=N–C) groups is 1. The number of imidazole rings is 1. The Bertz CT molecular complexity index is 654. The number of fused-ring (bicyclic) bond motifs is 1. The molecule has 0 saturated carbocycles. The standard InChI is InChI=1S/C18H30N6S.HI/c1-3-19-17(20-8-6-10-23-9-5-4-7-15(23)2)21-13-16-14-24-11-12-25-18(24)22-16;/h11-12,14-15H,3-10,13H2,1-2H3,(H2,19,20,21);1H. The molecule has 3 heterocycles. The van der Waals surface area contributed by atoms with Gasteiger partial charge in [0.1, 0.15) is 0 Å². The van der Waals surface area contributed by atoms with E-state index in [1.54, 1.807) is 11.3 Å². The first kappa shape index (κ1) is 21.4. The highest BCUT2D eigenvalue weighted by Crippen LogP contribution is 2.16. The number of rotatable bonds is 7. The third-order valence-corrected chi connectivity index (χ3v) is 5.51. The number of halogens is 1. The van der Waals surface area contributed by atoms with Gasteiger partial charge in [-0.2, -0.15) is 0 Å². The molecule has 2 aromatic heterocycles. The van der Waals surface area contributed by atoms with Gasteiger partial charge in [0.15, 0.2) is 10.9 Å². The van der Waals surface area contributed by atoms with Crippen LogP contribution in [0.2, 0.25) is 0 Å².